The Morgan fingerprint density at radius 2 is 1.96 bits per heavy atom. The van der Waals surface area contributed by atoms with Crippen LogP contribution in [0.25, 0.3) is 0 Å². The highest BCUT2D eigenvalue weighted by Crippen LogP contribution is 2.26. The minimum atomic E-state index is -0.303. The fourth-order valence-electron chi connectivity index (χ4n) is 2.96. The van der Waals surface area contributed by atoms with Gasteiger partial charge in [-0.2, -0.15) is 5.10 Å². The van der Waals surface area contributed by atoms with E-state index in [1.54, 1.807) is 41.0 Å². The molecule has 0 bridgehead atoms. The van der Waals surface area contributed by atoms with Gasteiger partial charge in [0, 0.05) is 49.8 Å². The second-order valence-electron chi connectivity index (χ2n) is 6.33. The number of fused-ring (bicyclic) bond motifs is 1. The zero-order chi connectivity index (χ0) is 18.8. The number of aryl methyl sites for hydroxylation is 1. The molecule has 136 valence electrons. The van der Waals surface area contributed by atoms with Crippen LogP contribution in [0.15, 0.2) is 35.1 Å². The van der Waals surface area contributed by atoms with Crippen LogP contribution in [0.2, 0.25) is 0 Å². The van der Waals surface area contributed by atoms with Crippen LogP contribution in [0.3, 0.4) is 0 Å². The highest BCUT2D eigenvalue weighted by Gasteiger charge is 2.35. The summed E-state index contributed by atoms with van der Waals surface area (Å²) in [4.78, 5) is 39.8. The Morgan fingerprint density at radius 1 is 1.23 bits per heavy atom. The largest absolute Gasteiger partial charge is 0.341 e. The van der Waals surface area contributed by atoms with Gasteiger partial charge in [0.05, 0.1) is 17.3 Å². The molecule has 0 atom stereocenters. The van der Waals surface area contributed by atoms with Gasteiger partial charge in [0.15, 0.2) is 0 Å². The number of rotatable bonds is 6. The number of amides is 3. The normalized spacial score (nSPS) is 13.3. The van der Waals surface area contributed by atoms with Gasteiger partial charge in [-0.15, -0.1) is 0 Å². The van der Waals surface area contributed by atoms with Crippen molar-refractivity contribution in [3.05, 3.63) is 51.8 Å². The Morgan fingerprint density at radius 3 is 2.65 bits per heavy atom. The lowest BCUT2D eigenvalue weighted by Gasteiger charge is -2.18. The third-order valence-corrected chi connectivity index (χ3v) is 4.80. The summed E-state index contributed by atoms with van der Waals surface area (Å²) in [5.41, 5.74) is 1.77. The van der Waals surface area contributed by atoms with E-state index in [-0.39, 0.29) is 30.7 Å². The molecule has 0 N–H and O–H groups in total. The standard InChI is InChI=1S/C18H19BrN4O3/c1-21(10-12-9-20-22(2)11-12)16(24)4-3-7-23-17(25)14-6-5-13(19)8-15(14)18(23)26/h5-6,8-9,11H,3-4,7,10H2,1-2H3. The molecule has 2 aromatic rings. The maximum Gasteiger partial charge on any atom is 0.261 e. The van der Waals surface area contributed by atoms with Gasteiger partial charge in [-0.3, -0.25) is 24.0 Å². The Kier molecular flexibility index (Phi) is 5.22. The second kappa shape index (κ2) is 7.41. The SMILES string of the molecule is CN(Cc1cnn(C)c1)C(=O)CCCN1C(=O)c2ccc(Br)cc2C1=O. The topological polar surface area (TPSA) is 75.5 Å². The molecular weight excluding hydrogens is 400 g/mol. The molecule has 3 rings (SSSR count). The smallest absolute Gasteiger partial charge is 0.261 e. The van der Waals surface area contributed by atoms with Crippen LogP contribution in [0.5, 0.6) is 0 Å². The molecule has 0 saturated carbocycles. The molecule has 0 aliphatic carbocycles. The molecule has 1 aliphatic heterocycles. The molecule has 1 aromatic heterocycles. The number of carbonyl (C=O) groups excluding carboxylic acids is 3. The van der Waals surface area contributed by atoms with E-state index in [2.05, 4.69) is 21.0 Å². The van der Waals surface area contributed by atoms with Crippen molar-refractivity contribution in [2.45, 2.75) is 19.4 Å². The summed E-state index contributed by atoms with van der Waals surface area (Å²) in [5.74, 6) is -0.635. The van der Waals surface area contributed by atoms with Gasteiger partial charge in [-0.1, -0.05) is 15.9 Å². The Hall–Kier alpha value is -2.48. The quantitative estimate of drug-likeness (QED) is 0.673. The first-order valence-corrected chi connectivity index (χ1v) is 9.03. The fraction of sp³-hybridized carbons (Fsp3) is 0.333. The highest BCUT2D eigenvalue weighted by molar-refractivity contribution is 9.10. The van der Waals surface area contributed by atoms with Gasteiger partial charge in [-0.25, -0.2) is 0 Å². The first-order chi connectivity index (χ1) is 12.4. The predicted octanol–water partition coefficient (Wildman–Crippen LogP) is 2.22. The molecule has 3 amide bonds. The van der Waals surface area contributed by atoms with Crippen LogP contribution in [0.1, 0.15) is 39.1 Å². The van der Waals surface area contributed by atoms with Gasteiger partial charge >= 0.3 is 0 Å². The van der Waals surface area contributed by atoms with Crippen LogP contribution >= 0.6 is 15.9 Å². The molecule has 7 nitrogen and oxygen atoms in total. The van der Waals surface area contributed by atoms with Crippen molar-refractivity contribution >= 4 is 33.7 Å². The van der Waals surface area contributed by atoms with E-state index < -0.39 is 0 Å². The number of nitrogens with zero attached hydrogens (tertiary/aromatic N) is 4. The van der Waals surface area contributed by atoms with Crippen LogP contribution in [0, 0.1) is 0 Å². The van der Waals surface area contributed by atoms with Crippen LogP contribution in [-0.2, 0) is 18.4 Å². The number of hydrogen-bond donors (Lipinski definition) is 0. The van der Waals surface area contributed by atoms with Gasteiger partial charge < -0.3 is 4.90 Å². The minimum absolute atomic E-state index is 0.0341. The zero-order valence-corrected chi connectivity index (χ0v) is 16.2. The van der Waals surface area contributed by atoms with Gasteiger partial charge in [0.25, 0.3) is 11.8 Å². The number of aromatic nitrogens is 2. The van der Waals surface area contributed by atoms with E-state index in [4.69, 9.17) is 0 Å². The molecule has 8 heteroatoms. The summed E-state index contributed by atoms with van der Waals surface area (Å²) in [6.07, 6.45) is 4.29. The van der Waals surface area contributed by atoms with Gasteiger partial charge in [0.2, 0.25) is 5.91 Å². The highest BCUT2D eigenvalue weighted by atomic mass is 79.9. The summed E-state index contributed by atoms with van der Waals surface area (Å²) in [6, 6.07) is 5.04. The monoisotopic (exact) mass is 418 g/mol. The third-order valence-electron chi connectivity index (χ3n) is 4.31. The maximum absolute atomic E-state index is 12.4. The van der Waals surface area contributed by atoms with Crippen molar-refractivity contribution < 1.29 is 14.4 Å². The van der Waals surface area contributed by atoms with Crippen LogP contribution < -0.4 is 0 Å². The molecule has 0 saturated heterocycles. The minimum Gasteiger partial charge on any atom is -0.341 e. The molecular formula is C18H19BrN4O3. The van der Waals surface area contributed by atoms with E-state index in [0.29, 0.717) is 24.1 Å². The molecule has 0 unspecified atom stereocenters. The van der Waals surface area contributed by atoms with E-state index in [9.17, 15) is 14.4 Å². The lowest BCUT2D eigenvalue weighted by Crippen LogP contribution is -2.32. The number of hydrogen-bond acceptors (Lipinski definition) is 4. The van der Waals surface area contributed by atoms with E-state index >= 15 is 0 Å². The lowest BCUT2D eigenvalue weighted by molar-refractivity contribution is -0.130. The number of imide groups is 1. The number of halogens is 1. The van der Waals surface area contributed by atoms with E-state index in [1.165, 1.54) is 4.90 Å². The lowest BCUT2D eigenvalue weighted by atomic mass is 10.1. The second-order valence-corrected chi connectivity index (χ2v) is 7.24. The average molecular weight is 419 g/mol. The van der Waals surface area contributed by atoms with Crippen molar-refractivity contribution in [1.29, 1.82) is 0 Å². The van der Waals surface area contributed by atoms with Crippen LogP contribution in [-0.4, -0.2) is 50.9 Å². The molecule has 0 radical (unpaired) electrons. The summed E-state index contributed by atoms with van der Waals surface area (Å²) in [7, 11) is 3.56. The molecule has 0 spiro atoms. The first kappa shape index (κ1) is 18.3. The summed E-state index contributed by atoms with van der Waals surface area (Å²) < 4.78 is 2.44. The summed E-state index contributed by atoms with van der Waals surface area (Å²) in [5, 5.41) is 4.08. The molecule has 0 fully saturated rings. The molecule has 1 aromatic carbocycles. The Labute approximate surface area is 159 Å². The van der Waals surface area contributed by atoms with E-state index in [0.717, 1.165) is 10.0 Å². The van der Waals surface area contributed by atoms with Crippen molar-refractivity contribution in [3.8, 4) is 0 Å². The van der Waals surface area contributed by atoms with Crippen molar-refractivity contribution in [2.24, 2.45) is 7.05 Å². The Bertz CT molecular complexity index is 877. The molecule has 1 aliphatic rings. The van der Waals surface area contributed by atoms with Crippen molar-refractivity contribution in [3.63, 3.8) is 0 Å². The van der Waals surface area contributed by atoms with Gasteiger partial charge in [0.1, 0.15) is 0 Å². The van der Waals surface area contributed by atoms with Crippen molar-refractivity contribution in [2.75, 3.05) is 13.6 Å². The number of benzene rings is 1. The van der Waals surface area contributed by atoms with Crippen LogP contribution in [0.4, 0.5) is 0 Å². The summed E-state index contributed by atoms with van der Waals surface area (Å²) in [6.45, 7) is 0.712. The molecule has 26 heavy (non-hydrogen) atoms. The summed E-state index contributed by atoms with van der Waals surface area (Å²) >= 11 is 3.31. The zero-order valence-electron chi connectivity index (χ0n) is 14.6. The van der Waals surface area contributed by atoms with Crippen molar-refractivity contribution in [1.82, 2.24) is 19.6 Å². The predicted molar refractivity (Wildman–Crippen MR) is 98.4 cm³/mol. The third kappa shape index (κ3) is 3.70. The average Bonchev–Trinajstić information content (AvgIpc) is 3.10. The molecule has 2 heterocycles. The van der Waals surface area contributed by atoms with Gasteiger partial charge in [-0.05, 0) is 24.6 Å². The fourth-order valence-corrected chi connectivity index (χ4v) is 3.32. The Balaban J connectivity index is 1.52. The number of carbonyl (C=O) groups is 3. The first-order valence-electron chi connectivity index (χ1n) is 8.24. The van der Waals surface area contributed by atoms with E-state index in [1.807, 2.05) is 13.2 Å². The maximum atomic E-state index is 12.4.